The molecule has 5 nitrogen and oxygen atoms in total. The Bertz CT molecular complexity index is 975. The van der Waals surface area contributed by atoms with Crippen LogP contribution in [0.5, 0.6) is 0 Å². The number of fused-ring (bicyclic) bond motifs is 1. The Balaban J connectivity index is 1.48. The lowest BCUT2D eigenvalue weighted by atomic mass is 9.95. The Morgan fingerprint density at radius 3 is 2.46 bits per heavy atom. The van der Waals surface area contributed by atoms with Crippen LogP contribution in [0.2, 0.25) is 0 Å². The molecule has 2 aliphatic heterocycles. The number of carbonyl (C=O) groups is 1. The third-order valence-corrected chi connectivity index (χ3v) is 8.04. The van der Waals surface area contributed by atoms with E-state index in [1.54, 1.807) is 24.3 Å². The Morgan fingerprint density at radius 2 is 1.71 bits per heavy atom. The van der Waals surface area contributed by atoms with E-state index in [4.69, 9.17) is 0 Å². The summed E-state index contributed by atoms with van der Waals surface area (Å²) in [6, 6.07) is 14.9. The highest BCUT2D eigenvalue weighted by molar-refractivity contribution is 9.10. The first-order valence-electron chi connectivity index (χ1n) is 9.56. The maximum absolute atomic E-state index is 13.1. The van der Waals surface area contributed by atoms with Crippen LogP contribution in [0.25, 0.3) is 0 Å². The second-order valence-electron chi connectivity index (χ2n) is 7.43. The number of benzene rings is 2. The largest absolute Gasteiger partial charge is 0.338 e. The molecule has 0 saturated carbocycles. The van der Waals surface area contributed by atoms with E-state index >= 15 is 0 Å². The molecule has 0 radical (unpaired) electrons. The number of nitrogens with zero attached hydrogens (tertiary/aromatic N) is 2. The maximum Gasteiger partial charge on any atom is 0.243 e. The number of hydrogen-bond acceptors (Lipinski definition) is 3. The molecule has 1 amide bonds. The number of piperidine rings is 1. The number of halogens is 1. The Morgan fingerprint density at radius 1 is 1.00 bits per heavy atom. The summed E-state index contributed by atoms with van der Waals surface area (Å²) in [4.78, 5) is 15.3. The summed E-state index contributed by atoms with van der Waals surface area (Å²) >= 11 is 3.33. The van der Waals surface area contributed by atoms with Crippen molar-refractivity contribution in [2.75, 3.05) is 19.6 Å². The van der Waals surface area contributed by atoms with E-state index in [-0.39, 0.29) is 23.3 Å². The Kier molecular flexibility index (Phi) is 5.58. The summed E-state index contributed by atoms with van der Waals surface area (Å²) in [6.07, 6.45) is 2.30. The Labute approximate surface area is 174 Å². The van der Waals surface area contributed by atoms with Crippen molar-refractivity contribution in [2.24, 2.45) is 5.92 Å². The molecule has 0 bridgehead atoms. The molecular formula is C21H23BrN2O3S. The molecule has 0 N–H and O–H groups in total. The summed E-state index contributed by atoms with van der Waals surface area (Å²) < 4.78 is 28.3. The lowest BCUT2D eigenvalue weighted by Crippen LogP contribution is -2.47. The van der Waals surface area contributed by atoms with Gasteiger partial charge in [-0.25, -0.2) is 8.42 Å². The predicted molar refractivity (Wildman–Crippen MR) is 111 cm³/mol. The van der Waals surface area contributed by atoms with E-state index in [2.05, 4.69) is 28.1 Å². The quantitative estimate of drug-likeness (QED) is 0.701. The van der Waals surface area contributed by atoms with Crippen LogP contribution in [0.15, 0.2) is 57.9 Å². The van der Waals surface area contributed by atoms with Crippen LogP contribution >= 0.6 is 15.9 Å². The highest BCUT2D eigenvalue weighted by atomic mass is 79.9. The maximum atomic E-state index is 13.1. The second-order valence-corrected chi connectivity index (χ2v) is 10.3. The first-order valence-corrected chi connectivity index (χ1v) is 11.8. The smallest absolute Gasteiger partial charge is 0.243 e. The van der Waals surface area contributed by atoms with Gasteiger partial charge in [-0.15, -0.1) is 0 Å². The van der Waals surface area contributed by atoms with Crippen LogP contribution in [-0.4, -0.2) is 43.2 Å². The van der Waals surface area contributed by atoms with E-state index in [1.807, 2.05) is 17.0 Å². The summed E-state index contributed by atoms with van der Waals surface area (Å²) in [6.45, 7) is 2.04. The van der Waals surface area contributed by atoms with Crippen LogP contribution in [0.4, 0.5) is 0 Å². The van der Waals surface area contributed by atoms with Gasteiger partial charge in [0.1, 0.15) is 0 Å². The van der Waals surface area contributed by atoms with Gasteiger partial charge in [0.25, 0.3) is 0 Å². The van der Waals surface area contributed by atoms with E-state index in [9.17, 15) is 13.2 Å². The SMILES string of the molecule is O=C([C@@H]1CCCN(S(=O)(=O)c2ccc(Br)cc2)C1)N1CCc2ccccc2C1. The van der Waals surface area contributed by atoms with Crippen molar-refractivity contribution in [1.29, 1.82) is 0 Å². The van der Waals surface area contributed by atoms with Gasteiger partial charge in [0.05, 0.1) is 10.8 Å². The standard InChI is InChI=1S/C21H23BrN2O3S/c22-19-7-9-20(10-8-19)28(26,27)24-12-3-6-18(15-24)21(25)23-13-11-16-4-1-2-5-17(16)14-23/h1-2,4-5,7-10,18H,3,6,11-15H2/t18-/m1/s1. The van der Waals surface area contributed by atoms with Crippen molar-refractivity contribution < 1.29 is 13.2 Å². The average Bonchev–Trinajstić information content (AvgIpc) is 2.73. The van der Waals surface area contributed by atoms with E-state index < -0.39 is 10.0 Å². The molecule has 2 aliphatic rings. The van der Waals surface area contributed by atoms with Gasteiger partial charge in [-0.05, 0) is 54.7 Å². The molecule has 0 aliphatic carbocycles. The van der Waals surface area contributed by atoms with Crippen molar-refractivity contribution in [3.05, 3.63) is 64.1 Å². The minimum absolute atomic E-state index is 0.0743. The van der Waals surface area contributed by atoms with Crippen LogP contribution in [0, 0.1) is 5.92 Å². The first kappa shape index (κ1) is 19.6. The van der Waals surface area contributed by atoms with Gasteiger partial charge in [0, 0.05) is 30.7 Å². The fourth-order valence-corrected chi connectivity index (χ4v) is 5.85. The van der Waals surface area contributed by atoms with Gasteiger partial charge in [-0.3, -0.25) is 4.79 Å². The molecule has 0 unspecified atom stereocenters. The van der Waals surface area contributed by atoms with Gasteiger partial charge in [-0.1, -0.05) is 40.2 Å². The molecule has 0 spiro atoms. The second kappa shape index (κ2) is 7.97. The highest BCUT2D eigenvalue weighted by Crippen LogP contribution is 2.27. The van der Waals surface area contributed by atoms with E-state index in [0.717, 1.165) is 17.3 Å². The van der Waals surface area contributed by atoms with E-state index in [1.165, 1.54) is 15.4 Å². The minimum atomic E-state index is -3.58. The van der Waals surface area contributed by atoms with Crippen molar-refractivity contribution >= 4 is 31.9 Å². The molecule has 1 atom stereocenters. The zero-order valence-corrected chi connectivity index (χ0v) is 18.0. The third kappa shape index (κ3) is 3.88. The predicted octanol–water partition coefficient (Wildman–Crippen LogP) is 3.43. The zero-order chi connectivity index (χ0) is 19.7. The normalized spacial score (nSPS) is 20.6. The van der Waals surface area contributed by atoms with Crippen LogP contribution in [0.3, 0.4) is 0 Å². The lowest BCUT2D eigenvalue weighted by molar-refractivity contribution is -0.137. The third-order valence-electron chi connectivity index (χ3n) is 5.63. The minimum Gasteiger partial charge on any atom is -0.338 e. The highest BCUT2D eigenvalue weighted by Gasteiger charge is 2.35. The fraction of sp³-hybridized carbons (Fsp3) is 0.381. The van der Waals surface area contributed by atoms with Crippen molar-refractivity contribution in [2.45, 2.75) is 30.7 Å². The average molecular weight is 463 g/mol. The molecule has 2 aromatic rings. The topological polar surface area (TPSA) is 57.7 Å². The van der Waals surface area contributed by atoms with Gasteiger partial charge in [-0.2, -0.15) is 4.31 Å². The van der Waals surface area contributed by atoms with Gasteiger partial charge in [0.2, 0.25) is 15.9 Å². The molecule has 148 valence electrons. The van der Waals surface area contributed by atoms with Gasteiger partial charge in [0.15, 0.2) is 0 Å². The number of hydrogen-bond donors (Lipinski definition) is 0. The number of sulfonamides is 1. The summed E-state index contributed by atoms with van der Waals surface area (Å²) in [7, 11) is -3.58. The van der Waals surface area contributed by atoms with Crippen molar-refractivity contribution in [3.63, 3.8) is 0 Å². The van der Waals surface area contributed by atoms with Crippen molar-refractivity contribution in [1.82, 2.24) is 9.21 Å². The number of carbonyl (C=O) groups excluding carboxylic acids is 1. The molecule has 4 rings (SSSR count). The van der Waals surface area contributed by atoms with Crippen LogP contribution < -0.4 is 0 Å². The van der Waals surface area contributed by atoms with E-state index in [0.29, 0.717) is 26.1 Å². The molecule has 7 heteroatoms. The summed E-state index contributed by atoms with van der Waals surface area (Å²) in [5, 5.41) is 0. The number of rotatable bonds is 3. The summed E-state index contributed by atoms with van der Waals surface area (Å²) in [5.41, 5.74) is 2.49. The number of amides is 1. The molecular weight excluding hydrogens is 440 g/mol. The molecule has 1 saturated heterocycles. The van der Waals surface area contributed by atoms with Crippen LogP contribution in [0.1, 0.15) is 24.0 Å². The van der Waals surface area contributed by atoms with Gasteiger partial charge < -0.3 is 4.90 Å². The molecule has 1 fully saturated rings. The lowest BCUT2D eigenvalue weighted by Gasteiger charge is -2.36. The monoisotopic (exact) mass is 462 g/mol. The van der Waals surface area contributed by atoms with Crippen molar-refractivity contribution in [3.8, 4) is 0 Å². The zero-order valence-electron chi connectivity index (χ0n) is 15.6. The molecule has 28 heavy (non-hydrogen) atoms. The van der Waals surface area contributed by atoms with Crippen LogP contribution in [-0.2, 0) is 27.8 Å². The fourth-order valence-electron chi connectivity index (χ4n) is 4.06. The van der Waals surface area contributed by atoms with Gasteiger partial charge >= 0.3 is 0 Å². The molecule has 2 heterocycles. The molecule has 0 aromatic heterocycles. The summed E-state index contributed by atoms with van der Waals surface area (Å²) in [5.74, 6) is -0.200. The molecule has 2 aromatic carbocycles. The Hall–Kier alpha value is -1.70. The first-order chi connectivity index (χ1) is 13.4.